The molecule has 0 bridgehead atoms. The predicted octanol–water partition coefficient (Wildman–Crippen LogP) is 3.71. The van der Waals surface area contributed by atoms with Crippen LogP contribution in [-0.2, 0) is 4.79 Å². The van der Waals surface area contributed by atoms with E-state index in [1.807, 2.05) is 6.07 Å². The number of amides is 1. The number of nitro groups is 1. The van der Waals surface area contributed by atoms with E-state index < -0.39 is 23.3 Å². The molecule has 2 rings (SSSR count). The summed E-state index contributed by atoms with van der Waals surface area (Å²) in [5, 5.41) is 20.0. The number of ether oxygens (including phenoxy) is 1. The van der Waals surface area contributed by atoms with Crippen molar-refractivity contribution in [3.8, 4) is 11.8 Å². The van der Waals surface area contributed by atoms with Crippen LogP contribution in [-0.4, -0.2) is 24.0 Å². The molecule has 0 spiro atoms. The Labute approximate surface area is 153 Å². The number of nitrogens with zero attached hydrogens (tertiary/aromatic N) is 3. The van der Waals surface area contributed by atoms with Crippen LogP contribution in [0, 0.1) is 27.3 Å². The lowest BCUT2D eigenvalue weighted by molar-refractivity contribution is -0.385. The number of anilines is 1. The summed E-state index contributed by atoms with van der Waals surface area (Å²) >= 11 is 5.73. The van der Waals surface area contributed by atoms with Crippen LogP contribution in [0.1, 0.15) is 6.42 Å². The first kappa shape index (κ1) is 19.1. The second-order valence-corrected chi connectivity index (χ2v) is 5.52. The van der Waals surface area contributed by atoms with Gasteiger partial charge in [-0.05, 0) is 36.4 Å². The fraction of sp³-hybridized carbons (Fsp3) is 0.176. The maximum Gasteiger partial charge on any atom is 0.312 e. The molecule has 26 heavy (non-hydrogen) atoms. The van der Waals surface area contributed by atoms with Crippen LogP contribution in [0.2, 0.25) is 5.02 Å². The van der Waals surface area contributed by atoms with E-state index >= 15 is 0 Å². The SMILES string of the molecule is N#CCCN(C(=O)COc1ccc(Cl)cc1[N+](=O)[O-])c1ccc(F)cc1. The molecule has 0 atom stereocenters. The maximum absolute atomic E-state index is 13.1. The Hall–Kier alpha value is -3.18. The van der Waals surface area contributed by atoms with Crippen molar-refractivity contribution in [1.29, 1.82) is 5.26 Å². The number of nitro benzene ring substituents is 1. The molecule has 7 nitrogen and oxygen atoms in total. The average Bonchev–Trinajstić information content (AvgIpc) is 2.62. The number of nitriles is 1. The molecule has 0 aliphatic rings. The van der Waals surface area contributed by atoms with Gasteiger partial charge in [-0.25, -0.2) is 4.39 Å². The quantitative estimate of drug-likeness (QED) is 0.541. The molecule has 0 fully saturated rings. The standard InChI is InChI=1S/C17H13ClFN3O4/c18-12-2-7-16(15(10-12)22(24)25)26-11-17(23)21(9-1-8-20)14-5-3-13(19)4-6-14/h2-7,10H,1,9,11H2. The van der Waals surface area contributed by atoms with Crippen molar-refractivity contribution >= 4 is 28.9 Å². The fourth-order valence-electron chi connectivity index (χ4n) is 2.15. The number of carbonyl (C=O) groups excluding carboxylic acids is 1. The highest BCUT2D eigenvalue weighted by atomic mass is 35.5. The molecule has 0 aliphatic carbocycles. The predicted molar refractivity (Wildman–Crippen MR) is 92.6 cm³/mol. The largest absolute Gasteiger partial charge is 0.477 e. The second kappa shape index (κ2) is 8.78. The Kier molecular flexibility index (Phi) is 6.47. The summed E-state index contributed by atoms with van der Waals surface area (Å²) in [6.07, 6.45) is 0.0597. The van der Waals surface area contributed by atoms with Gasteiger partial charge in [-0.3, -0.25) is 14.9 Å². The summed E-state index contributed by atoms with van der Waals surface area (Å²) in [4.78, 5) is 24.1. The first-order chi connectivity index (χ1) is 12.4. The van der Waals surface area contributed by atoms with Gasteiger partial charge in [-0.15, -0.1) is 0 Å². The summed E-state index contributed by atoms with van der Waals surface area (Å²) in [6.45, 7) is -0.418. The highest BCUT2D eigenvalue weighted by Crippen LogP contribution is 2.30. The van der Waals surface area contributed by atoms with E-state index in [2.05, 4.69) is 0 Å². The number of hydrogen-bond acceptors (Lipinski definition) is 5. The smallest absolute Gasteiger partial charge is 0.312 e. The number of benzene rings is 2. The zero-order valence-corrected chi connectivity index (χ0v) is 14.1. The first-order valence-corrected chi connectivity index (χ1v) is 7.80. The van der Waals surface area contributed by atoms with E-state index in [9.17, 15) is 19.3 Å². The van der Waals surface area contributed by atoms with Gasteiger partial charge in [0, 0.05) is 23.3 Å². The zero-order chi connectivity index (χ0) is 19.1. The molecule has 9 heteroatoms. The van der Waals surface area contributed by atoms with Gasteiger partial charge in [0.25, 0.3) is 5.91 Å². The summed E-state index contributed by atoms with van der Waals surface area (Å²) in [5.41, 5.74) is 0.0245. The van der Waals surface area contributed by atoms with Crippen molar-refractivity contribution in [2.24, 2.45) is 0 Å². The first-order valence-electron chi connectivity index (χ1n) is 7.42. The molecule has 2 aromatic rings. The second-order valence-electron chi connectivity index (χ2n) is 5.09. The van der Waals surface area contributed by atoms with Crippen molar-refractivity contribution in [1.82, 2.24) is 0 Å². The van der Waals surface area contributed by atoms with E-state index in [-0.39, 0.29) is 29.4 Å². The van der Waals surface area contributed by atoms with E-state index in [0.717, 1.165) is 6.07 Å². The van der Waals surface area contributed by atoms with Crippen molar-refractivity contribution in [3.05, 3.63) is 63.4 Å². The van der Waals surface area contributed by atoms with Crippen LogP contribution >= 0.6 is 11.6 Å². The molecule has 0 unspecified atom stereocenters. The van der Waals surface area contributed by atoms with Gasteiger partial charge < -0.3 is 9.64 Å². The van der Waals surface area contributed by atoms with E-state index in [1.54, 1.807) is 0 Å². The molecular weight excluding hydrogens is 365 g/mol. The van der Waals surface area contributed by atoms with Crippen LogP contribution in [0.15, 0.2) is 42.5 Å². The van der Waals surface area contributed by atoms with Crippen LogP contribution in [0.4, 0.5) is 15.8 Å². The number of rotatable bonds is 7. The minimum Gasteiger partial charge on any atom is -0.477 e. The fourth-order valence-corrected chi connectivity index (χ4v) is 2.32. The van der Waals surface area contributed by atoms with E-state index in [1.165, 1.54) is 41.3 Å². The summed E-state index contributed by atoms with van der Waals surface area (Å²) in [5.74, 6) is -1.10. The minimum atomic E-state index is -0.668. The third kappa shape index (κ3) is 4.91. The van der Waals surface area contributed by atoms with Gasteiger partial charge in [0.1, 0.15) is 5.82 Å². The third-order valence-electron chi connectivity index (χ3n) is 3.36. The summed E-state index contributed by atoms with van der Waals surface area (Å²) < 4.78 is 18.3. The number of hydrogen-bond donors (Lipinski definition) is 0. The normalized spacial score (nSPS) is 10.0. The van der Waals surface area contributed by atoms with Gasteiger partial charge in [0.15, 0.2) is 12.4 Å². The molecule has 134 valence electrons. The third-order valence-corrected chi connectivity index (χ3v) is 3.59. The molecule has 0 N–H and O–H groups in total. The van der Waals surface area contributed by atoms with Crippen molar-refractivity contribution in [3.63, 3.8) is 0 Å². The minimum absolute atomic E-state index is 0.0597. The van der Waals surface area contributed by atoms with E-state index in [4.69, 9.17) is 21.6 Å². The topological polar surface area (TPSA) is 96.5 Å². The Bertz CT molecular complexity index is 852. The lowest BCUT2D eigenvalue weighted by Gasteiger charge is -2.21. The van der Waals surface area contributed by atoms with Crippen LogP contribution < -0.4 is 9.64 Å². The van der Waals surface area contributed by atoms with Gasteiger partial charge in [-0.1, -0.05) is 11.6 Å². The van der Waals surface area contributed by atoms with Gasteiger partial charge >= 0.3 is 5.69 Å². The average molecular weight is 378 g/mol. The molecule has 0 heterocycles. The van der Waals surface area contributed by atoms with Crippen LogP contribution in [0.25, 0.3) is 0 Å². The Morgan fingerprint density at radius 1 is 1.31 bits per heavy atom. The number of halogens is 2. The molecular formula is C17H13ClFN3O4. The van der Waals surface area contributed by atoms with Gasteiger partial charge in [0.2, 0.25) is 0 Å². The van der Waals surface area contributed by atoms with Crippen molar-refractivity contribution < 1.29 is 18.8 Å². The Morgan fingerprint density at radius 2 is 2.00 bits per heavy atom. The lowest BCUT2D eigenvalue weighted by atomic mass is 10.2. The van der Waals surface area contributed by atoms with Crippen molar-refractivity contribution in [2.45, 2.75) is 6.42 Å². The maximum atomic E-state index is 13.1. The van der Waals surface area contributed by atoms with Crippen molar-refractivity contribution in [2.75, 3.05) is 18.1 Å². The van der Waals surface area contributed by atoms with Crippen LogP contribution in [0.3, 0.4) is 0 Å². The molecule has 0 saturated heterocycles. The Morgan fingerprint density at radius 3 is 2.62 bits per heavy atom. The summed E-state index contributed by atoms with van der Waals surface area (Å²) in [6, 6.07) is 10.9. The molecule has 1 amide bonds. The lowest BCUT2D eigenvalue weighted by Crippen LogP contribution is -2.35. The molecule has 0 aromatic heterocycles. The highest BCUT2D eigenvalue weighted by Gasteiger charge is 2.20. The zero-order valence-electron chi connectivity index (χ0n) is 13.4. The molecule has 2 aromatic carbocycles. The van der Waals surface area contributed by atoms with Gasteiger partial charge in [0.05, 0.1) is 17.4 Å². The van der Waals surface area contributed by atoms with Crippen LogP contribution in [0.5, 0.6) is 5.75 Å². The monoisotopic (exact) mass is 377 g/mol. The highest BCUT2D eigenvalue weighted by molar-refractivity contribution is 6.30. The molecule has 0 radical (unpaired) electrons. The van der Waals surface area contributed by atoms with E-state index in [0.29, 0.717) is 5.69 Å². The molecule has 0 saturated carbocycles. The van der Waals surface area contributed by atoms with Gasteiger partial charge in [-0.2, -0.15) is 5.26 Å². The Balaban J connectivity index is 2.16. The molecule has 0 aliphatic heterocycles. The summed E-state index contributed by atoms with van der Waals surface area (Å²) in [7, 11) is 0. The number of carbonyl (C=O) groups is 1.